The minimum absolute atomic E-state index is 0.0682. The number of hydrogen-bond donors (Lipinski definition) is 3. The Bertz CT molecular complexity index is 546. The fraction of sp³-hybridized carbons (Fsp3) is 0.667. The number of nitrogens with one attached hydrogen (secondary N) is 2. The van der Waals surface area contributed by atoms with Crippen molar-refractivity contribution in [1.82, 2.24) is 10.3 Å². The Morgan fingerprint density at radius 1 is 1.45 bits per heavy atom. The lowest BCUT2D eigenvalue weighted by Gasteiger charge is -2.16. The van der Waals surface area contributed by atoms with Crippen LogP contribution in [0.2, 0.25) is 0 Å². The van der Waals surface area contributed by atoms with Gasteiger partial charge in [-0.05, 0) is 18.8 Å². The van der Waals surface area contributed by atoms with Crippen molar-refractivity contribution < 1.29 is 9.59 Å². The van der Waals surface area contributed by atoms with Crippen LogP contribution in [0.1, 0.15) is 39.3 Å². The highest BCUT2D eigenvalue weighted by Gasteiger charge is 2.31. The highest BCUT2D eigenvalue weighted by molar-refractivity contribution is 7.13. The molecule has 1 aromatic rings. The van der Waals surface area contributed by atoms with Crippen LogP contribution >= 0.6 is 11.3 Å². The van der Waals surface area contributed by atoms with Crippen molar-refractivity contribution in [2.24, 2.45) is 17.1 Å². The number of rotatable bonds is 6. The fourth-order valence-electron chi connectivity index (χ4n) is 2.02. The Morgan fingerprint density at radius 3 is 2.68 bits per heavy atom. The summed E-state index contributed by atoms with van der Waals surface area (Å²) >= 11 is 1.33. The van der Waals surface area contributed by atoms with E-state index in [4.69, 9.17) is 5.73 Å². The molecule has 1 unspecified atom stereocenters. The molecule has 1 fully saturated rings. The lowest BCUT2D eigenvalue weighted by atomic mass is 9.96. The SMILES string of the molecule is CC(C)(C)C(=O)Nc1nc(CC(=O)NC(CN)C2CC2)cs1. The van der Waals surface area contributed by atoms with Crippen LogP contribution in [0.3, 0.4) is 0 Å². The second-order valence-electron chi connectivity index (χ2n) is 6.77. The Morgan fingerprint density at radius 2 is 2.14 bits per heavy atom. The van der Waals surface area contributed by atoms with Crippen molar-refractivity contribution >= 4 is 28.3 Å². The summed E-state index contributed by atoms with van der Waals surface area (Å²) in [5.41, 5.74) is 5.87. The Labute approximate surface area is 134 Å². The number of carbonyl (C=O) groups excluding carboxylic acids is 2. The molecule has 1 aromatic heterocycles. The highest BCUT2D eigenvalue weighted by atomic mass is 32.1. The number of anilines is 1. The molecule has 1 aliphatic carbocycles. The predicted molar refractivity (Wildman–Crippen MR) is 87.6 cm³/mol. The third kappa shape index (κ3) is 4.78. The van der Waals surface area contributed by atoms with Gasteiger partial charge < -0.3 is 16.4 Å². The second kappa shape index (κ2) is 6.75. The molecule has 0 bridgehead atoms. The van der Waals surface area contributed by atoms with E-state index in [0.717, 1.165) is 12.8 Å². The van der Waals surface area contributed by atoms with Gasteiger partial charge in [-0.15, -0.1) is 11.3 Å². The number of nitrogens with zero attached hydrogens (tertiary/aromatic N) is 1. The van der Waals surface area contributed by atoms with Crippen molar-refractivity contribution in [1.29, 1.82) is 0 Å². The maximum Gasteiger partial charge on any atom is 0.231 e. The maximum atomic E-state index is 12.0. The Kier molecular flexibility index (Phi) is 5.18. The van der Waals surface area contributed by atoms with Crippen molar-refractivity contribution in [3.05, 3.63) is 11.1 Å². The zero-order chi connectivity index (χ0) is 16.3. The molecule has 1 aliphatic rings. The van der Waals surface area contributed by atoms with Crippen LogP contribution in [0, 0.1) is 11.3 Å². The fourth-order valence-corrected chi connectivity index (χ4v) is 2.73. The van der Waals surface area contributed by atoms with E-state index in [-0.39, 0.29) is 24.3 Å². The van der Waals surface area contributed by atoms with Gasteiger partial charge in [-0.1, -0.05) is 20.8 Å². The normalized spacial score (nSPS) is 16.2. The molecule has 122 valence electrons. The van der Waals surface area contributed by atoms with Gasteiger partial charge in [-0.3, -0.25) is 9.59 Å². The van der Waals surface area contributed by atoms with Gasteiger partial charge in [0.2, 0.25) is 11.8 Å². The van der Waals surface area contributed by atoms with E-state index in [1.54, 1.807) is 5.38 Å². The van der Waals surface area contributed by atoms with Gasteiger partial charge in [0.25, 0.3) is 0 Å². The quantitative estimate of drug-likeness (QED) is 0.739. The zero-order valence-electron chi connectivity index (χ0n) is 13.3. The molecule has 6 nitrogen and oxygen atoms in total. The van der Waals surface area contributed by atoms with Crippen LogP contribution in [0.4, 0.5) is 5.13 Å². The van der Waals surface area contributed by atoms with Crippen LogP contribution in [0.5, 0.6) is 0 Å². The zero-order valence-corrected chi connectivity index (χ0v) is 14.1. The molecule has 0 saturated heterocycles. The molecule has 4 N–H and O–H groups in total. The minimum Gasteiger partial charge on any atom is -0.351 e. The first-order valence-electron chi connectivity index (χ1n) is 7.55. The monoisotopic (exact) mass is 324 g/mol. The molecule has 2 rings (SSSR count). The predicted octanol–water partition coefficient (Wildman–Crippen LogP) is 1.52. The van der Waals surface area contributed by atoms with Gasteiger partial charge in [0.1, 0.15) is 0 Å². The number of thiazole rings is 1. The minimum atomic E-state index is -0.470. The summed E-state index contributed by atoms with van der Waals surface area (Å²) in [5, 5.41) is 8.06. The second-order valence-corrected chi connectivity index (χ2v) is 7.63. The van der Waals surface area contributed by atoms with Crippen LogP contribution in [-0.4, -0.2) is 29.4 Å². The summed E-state index contributed by atoms with van der Waals surface area (Å²) in [6, 6.07) is 0.0752. The van der Waals surface area contributed by atoms with Crippen LogP contribution in [-0.2, 0) is 16.0 Å². The molecule has 0 spiro atoms. The molecule has 0 radical (unpaired) electrons. The first-order valence-corrected chi connectivity index (χ1v) is 8.43. The Balaban J connectivity index is 1.86. The topological polar surface area (TPSA) is 97.1 Å². The molecule has 1 saturated carbocycles. The average Bonchev–Trinajstić information content (AvgIpc) is 3.17. The lowest BCUT2D eigenvalue weighted by molar-refractivity contribution is -0.123. The van der Waals surface area contributed by atoms with Gasteiger partial charge in [0.05, 0.1) is 12.1 Å². The van der Waals surface area contributed by atoms with Gasteiger partial charge in [-0.2, -0.15) is 0 Å². The standard InChI is InChI=1S/C15H24N4O2S/c1-15(2,3)13(21)19-14-17-10(8-22-14)6-12(20)18-11(7-16)9-4-5-9/h8-9,11H,4-7,16H2,1-3H3,(H,18,20)(H,17,19,21). The van der Waals surface area contributed by atoms with E-state index < -0.39 is 5.41 Å². The average molecular weight is 324 g/mol. The summed E-state index contributed by atoms with van der Waals surface area (Å²) in [7, 11) is 0. The van der Waals surface area contributed by atoms with Gasteiger partial charge in [0.15, 0.2) is 5.13 Å². The molecule has 0 aromatic carbocycles. The third-order valence-electron chi connectivity index (χ3n) is 3.59. The number of hydrogen-bond acceptors (Lipinski definition) is 5. The summed E-state index contributed by atoms with van der Waals surface area (Å²) in [5.74, 6) is 0.377. The largest absolute Gasteiger partial charge is 0.351 e. The van der Waals surface area contributed by atoms with Gasteiger partial charge >= 0.3 is 0 Å². The first-order chi connectivity index (χ1) is 10.3. The Hall–Kier alpha value is -1.47. The van der Waals surface area contributed by atoms with E-state index in [2.05, 4.69) is 15.6 Å². The number of nitrogens with two attached hydrogens (primary N) is 1. The molecule has 22 heavy (non-hydrogen) atoms. The smallest absolute Gasteiger partial charge is 0.231 e. The van der Waals surface area contributed by atoms with E-state index in [1.165, 1.54) is 11.3 Å². The molecule has 1 atom stereocenters. The summed E-state index contributed by atoms with van der Waals surface area (Å²) in [6.07, 6.45) is 2.49. The van der Waals surface area contributed by atoms with Crippen LogP contribution < -0.4 is 16.4 Å². The van der Waals surface area contributed by atoms with Crippen LogP contribution in [0.15, 0.2) is 5.38 Å². The van der Waals surface area contributed by atoms with Crippen molar-refractivity contribution in [2.75, 3.05) is 11.9 Å². The van der Waals surface area contributed by atoms with Crippen molar-refractivity contribution in [3.8, 4) is 0 Å². The third-order valence-corrected chi connectivity index (χ3v) is 4.39. The number of carbonyl (C=O) groups is 2. The van der Waals surface area contributed by atoms with Gasteiger partial charge in [-0.25, -0.2) is 4.98 Å². The lowest BCUT2D eigenvalue weighted by Crippen LogP contribution is -2.42. The van der Waals surface area contributed by atoms with Crippen molar-refractivity contribution in [3.63, 3.8) is 0 Å². The molecular weight excluding hydrogens is 300 g/mol. The molecule has 2 amide bonds. The first kappa shape index (κ1) is 16.9. The van der Waals surface area contributed by atoms with Gasteiger partial charge in [0, 0.05) is 23.4 Å². The number of amides is 2. The van der Waals surface area contributed by atoms with E-state index >= 15 is 0 Å². The molecule has 7 heteroatoms. The number of aromatic nitrogens is 1. The summed E-state index contributed by atoms with van der Waals surface area (Å²) < 4.78 is 0. The molecule has 1 heterocycles. The van der Waals surface area contributed by atoms with E-state index in [0.29, 0.717) is 23.3 Å². The molecular formula is C15H24N4O2S. The summed E-state index contributed by atoms with van der Waals surface area (Å²) in [6.45, 7) is 6.00. The maximum absolute atomic E-state index is 12.0. The van der Waals surface area contributed by atoms with Crippen molar-refractivity contribution in [2.45, 2.75) is 46.1 Å². The summed E-state index contributed by atoms with van der Waals surface area (Å²) in [4.78, 5) is 28.2. The van der Waals surface area contributed by atoms with Crippen LogP contribution in [0.25, 0.3) is 0 Å². The van der Waals surface area contributed by atoms with E-state index in [1.807, 2.05) is 20.8 Å². The van der Waals surface area contributed by atoms with E-state index in [9.17, 15) is 9.59 Å². The highest BCUT2D eigenvalue weighted by Crippen LogP contribution is 2.32. The molecule has 0 aliphatic heterocycles.